The maximum atomic E-state index is 12.4. The van der Waals surface area contributed by atoms with E-state index in [9.17, 15) is 13.2 Å². The minimum absolute atomic E-state index is 0.00459. The van der Waals surface area contributed by atoms with Gasteiger partial charge in [0, 0.05) is 18.0 Å². The molecule has 120 valence electrons. The van der Waals surface area contributed by atoms with E-state index in [0.717, 1.165) is 6.26 Å². The summed E-state index contributed by atoms with van der Waals surface area (Å²) in [5, 5.41) is 2.68. The van der Waals surface area contributed by atoms with Crippen molar-refractivity contribution in [2.75, 3.05) is 24.8 Å². The summed E-state index contributed by atoms with van der Waals surface area (Å²) < 4.78 is 34.4. The Labute approximate surface area is 134 Å². The Morgan fingerprint density at radius 2 is 1.74 bits per heavy atom. The van der Waals surface area contributed by atoms with Crippen LogP contribution in [0.25, 0.3) is 0 Å². The Hall–Kier alpha value is -2.54. The smallest absolute Gasteiger partial charge is 0.256 e. The Kier molecular flexibility index (Phi) is 3.96. The summed E-state index contributed by atoms with van der Waals surface area (Å²) in [6.45, 7) is 0.932. The molecule has 1 aliphatic rings. The van der Waals surface area contributed by atoms with Gasteiger partial charge in [0.25, 0.3) is 5.91 Å². The molecule has 6 nitrogen and oxygen atoms in total. The second-order valence-corrected chi connectivity index (χ2v) is 7.07. The van der Waals surface area contributed by atoms with Crippen molar-refractivity contribution >= 4 is 21.4 Å². The van der Waals surface area contributed by atoms with Gasteiger partial charge in [-0.05, 0) is 24.3 Å². The third kappa shape index (κ3) is 3.29. The fourth-order valence-electron chi connectivity index (χ4n) is 2.30. The van der Waals surface area contributed by atoms with Gasteiger partial charge in [-0.3, -0.25) is 4.79 Å². The molecule has 1 N–H and O–H groups in total. The zero-order valence-electron chi connectivity index (χ0n) is 12.4. The van der Waals surface area contributed by atoms with Gasteiger partial charge in [0.05, 0.1) is 10.5 Å². The van der Waals surface area contributed by atoms with Crippen LogP contribution in [0.1, 0.15) is 10.4 Å². The van der Waals surface area contributed by atoms with Crippen LogP contribution in [-0.4, -0.2) is 33.8 Å². The molecule has 23 heavy (non-hydrogen) atoms. The molecule has 0 radical (unpaired) electrons. The lowest BCUT2D eigenvalue weighted by molar-refractivity contribution is 0.102. The van der Waals surface area contributed by atoms with E-state index in [4.69, 9.17) is 9.47 Å². The van der Waals surface area contributed by atoms with Gasteiger partial charge < -0.3 is 14.8 Å². The van der Waals surface area contributed by atoms with Crippen LogP contribution in [0.15, 0.2) is 47.4 Å². The molecule has 0 spiro atoms. The molecule has 0 bridgehead atoms. The van der Waals surface area contributed by atoms with Gasteiger partial charge in [-0.2, -0.15) is 0 Å². The van der Waals surface area contributed by atoms with E-state index in [-0.39, 0.29) is 10.5 Å². The second kappa shape index (κ2) is 5.92. The Bertz CT molecular complexity index is 861. The molecule has 7 heteroatoms. The number of anilines is 1. The highest BCUT2D eigenvalue weighted by molar-refractivity contribution is 7.90. The lowest BCUT2D eigenvalue weighted by Crippen LogP contribution is -2.17. The standard InChI is InChI=1S/C16H15NO5S/c1-23(19,20)15-5-3-2-4-12(15)16(18)17-11-6-7-13-14(10-11)22-9-8-21-13/h2-7,10H,8-9H2,1H3,(H,17,18). The maximum absolute atomic E-state index is 12.4. The van der Waals surface area contributed by atoms with Gasteiger partial charge in [-0.25, -0.2) is 8.42 Å². The van der Waals surface area contributed by atoms with Crippen molar-refractivity contribution in [3.05, 3.63) is 48.0 Å². The van der Waals surface area contributed by atoms with Gasteiger partial charge in [-0.1, -0.05) is 12.1 Å². The number of hydrogen-bond donors (Lipinski definition) is 1. The number of rotatable bonds is 3. The quantitative estimate of drug-likeness (QED) is 0.930. The van der Waals surface area contributed by atoms with Crippen molar-refractivity contribution in [1.82, 2.24) is 0 Å². The first-order chi connectivity index (χ1) is 10.9. The van der Waals surface area contributed by atoms with E-state index < -0.39 is 15.7 Å². The summed E-state index contributed by atoms with van der Waals surface area (Å²) in [6.07, 6.45) is 1.07. The van der Waals surface area contributed by atoms with Crippen molar-refractivity contribution in [2.24, 2.45) is 0 Å². The lowest BCUT2D eigenvalue weighted by atomic mass is 10.2. The minimum atomic E-state index is -3.49. The molecular formula is C16H15NO5S. The number of benzene rings is 2. The van der Waals surface area contributed by atoms with Crippen LogP contribution >= 0.6 is 0 Å². The molecule has 1 amide bonds. The zero-order chi connectivity index (χ0) is 16.4. The third-order valence-corrected chi connectivity index (χ3v) is 4.49. The summed E-state index contributed by atoms with van der Waals surface area (Å²) in [6, 6.07) is 11.1. The monoisotopic (exact) mass is 333 g/mol. The molecule has 1 aliphatic heterocycles. The largest absolute Gasteiger partial charge is 0.486 e. The van der Waals surface area contributed by atoms with Crippen molar-refractivity contribution < 1.29 is 22.7 Å². The minimum Gasteiger partial charge on any atom is -0.486 e. The van der Waals surface area contributed by atoms with E-state index in [1.807, 2.05) is 0 Å². The lowest BCUT2D eigenvalue weighted by Gasteiger charge is -2.19. The molecule has 0 aliphatic carbocycles. The van der Waals surface area contributed by atoms with Gasteiger partial charge in [0.1, 0.15) is 13.2 Å². The van der Waals surface area contributed by atoms with Crippen molar-refractivity contribution in [3.8, 4) is 11.5 Å². The first kappa shape index (κ1) is 15.4. The summed E-state index contributed by atoms with van der Waals surface area (Å²) in [5.41, 5.74) is 0.604. The maximum Gasteiger partial charge on any atom is 0.256 e. The molecule has 0 unspecified atom stereocenters. The fraction of sp³-hybridized carbons (Fsp3) is 0.188. The zero-order valence-corrected chi connectivity index (χ0v) is 13.2. The third-order valence-electron chi connectivity index (χ3n) is 3.33. The Morgan fingerprint density at radius 3 is 2.48 bits per heavy atom. The fourth-order valence-corrected chi connectivity index (χ4v) is 3.18. The molecule has 2 aromatic rings. The van der Waals surface area contributed by atoms with Crippen LogP contribution in [0, 0.1) is 0 Å². The predicted molar refractivity (Wildman–Crippen MR) is 84.9 cm³/mol. The van der Waals surface area contributed by atoms with Gasteiger partial charge in [0.15, 0.2) is 21.3 Å². The van der Waals surface area contributed by atoms with E-state index in [0.29, 0.717) is 30.4 Å². The van der Waals surface area contributed by atoms with E-state index in [2.05, 4.69) is 5.32 Å². The van der Waals surface area contributed by atoms with Crippen LogP contribution in [-0.2, 0) is 9.84 Å². The SMILES string of the molecule is CS(=O)(=O)c1ccccc1C(=O)Nc1ccc2c(c1)OCCO2. The molecule has 0 fully saturated rings. The van der Waals surface area contributed by atoms with Crippen LogP contribution in [0.5, 0.6) is 11.5 Å². The van der Waals surface area contributed by atoms with Crippen LogP contribution < -0.4 is 14.8 Å². The summed E-state index contributed by atoms with van der Waals surface area (Å²) in [4.78, 5) is 12.4. The van der Waals surface area contributed by atoms with Gasteiger partial charge in [0.2, 0.25) is 0 Å². The molecule has 0 aromatic heterocycles. The summed E-state index contributed by atoms with van der Waals surface area (Å²) in [7, 11) is -3.49. The molecule has 1 heterocycles. The number of nitrogens with one attached hydrogen (secondary N) is 1. The number of fused-ring (bicyclic) bond motifs is 1. The first-order valence-electron chi connectivity index (χ1n) is 6.95. The number of carbonyl (C=O) groups excluding carboxylic acids is 1. The van der Waals surface area contributed by atoms with Gasteiger partial charge in [-0.15, -0.1) is 0 Å². The number of amides is 1. The number of sulfone groups is 1. The second-order valence-electron chi connectivity index (χ2n) is 5.08. The highest BCUT2D eigenvalue weighted by Crippen LogP contribution is 2.32. The predicted octanol–water partition coefficient (Wildman–Crippen LogP) is 2.11. The molecule has 3 rings (SSSR count). The molecule has 0 saturated carbocycles. The van der Waals surface area contributed by atoms with E-state index >= 15 is 0 Å². The Morgan fingerprint density at radius 1 is 1.04 bits per heavy atom. The molecule has 2 aromatic carbocycles. The highest BCUT2D eigenvalue weighted by atomic mass is 32.2. The van der Waals surface area contributed by atoms with Crippen molar-refractivity contribution in [2.45, 2.75) is 4.90 Å². The topological polar surface area (TPSA) is 81.7 Å². The van der Waals surface area contributed by atoms with Crippen molar-refractivity contribution in [1.29, 1.82) is 0 Å². The molecule has 0 atom stereocenters. The summed E-state index contributed by atoms with van der Waals surface area (Å²) in [5.74, 6) is 0.666. The summed E-state index contributed by atoms with van der Waals surface area (Å²) >= 11 is 0. The van der Waals surface area contributed by atoms with Crippen LogP contribution in [0.2, 0.25) is 0 Å². The number of hydrogen-bond acceptors (Lipinski definition) is 5. The first-order valence-corrected chi connectivity index (χ1v) is 8.84. The average Bonchev–Trinajstić information content (AvgIpc) is 2.54. The average molecular weight is 333 g/mol. The van der Waals surface area contributed by atoms with Gasteiger partial charge >= 0.3 is 0 Å². The van der Waals surface area contributed by atoms with E-state index in [1.54, 1.807) is 30.3 Å². The molecule has 0 saturated heterocycles. The molecular weight excluding hydrogens is 318 g/mol. The Balaban J connectivity index is 1.88. The van der Waals surface area contributed by atoms with Crippen LogP contribution in [0.4, 0.5) is 5.69 Å². The highest BCUT2D eigenvalue weighted by Gasteiger charge is 2.19. The normalized spacial score (nSPS) is 13.4. The van der Waals surface area contributed by atoms with E-state index in [1.165, 1.54) is 12.1 Å². The number of ether oxygens (including phenoxy) is 2. The number of carbonyl (C=O) groups is 1. The van der Waals surface area contributed by atoms with Crippen LogP contribution in [0.3, 0.4) is 0 Å². The van der Waals surface area contributed by atoms with Crippen molar-refractivity contribution in [3.63, 3.8) is 0 Å².